The van der Waals surface area contributed by atoms with Gasteiger partial charge in [-0.2, -0.15) is 0 Å². The molecule has 1 aliphatic heterocycles. The summed E-state index contributed by atoms with van der Waals surface area (Å²) in [5.41, 5.74) is 2.98. The van der Waals surface area contributed by atoms with Crippen molar-refractivity contribution < 1.29 is 0 Å². The lowest BCUT2D eigenvalue weighted by Gasteiger charge is -2.22. The van der Waals surface area contributed by atoms with Gasteiger partial charge in [0.15, 0.2) is 7.28 Å². The molecule has 0 bridgehead atoms. The molecule has 1 heterocycles. The van der Waals surface area contributed by atoms with Gasteiger partial charge < -0.3 is 0 Å². The molecule has 0 N–H and O–H groups in total. The maximum Gasteiger partial charge on any atom is 0.203 e. The molecule has 0 aliphatic carbocycles. The van der Waals surface area contributed by atoms with Crippen LogP contribution in [0.1, 0.15) is 26.7 Å². The number of benzene rings is 1. The van der Waals surface area contributed by atoms with E-state index in [1.165, 1.54) is 23.8 Å². The second kappa shape index (κ2) is 7.23. The highest BCUT2D eigenvalue weighted by Gasteiger charge is 2.23. The summed E-state index contributed by atoms with van der Waals surface area (Å²) in [4.78, 5) is 0. The van der Waals surface area contributed by atoms with Crippen molar-refractivity contribution in [3.8, 4) is 0 Å². The lowest BCUT2D eigenvalue weighted by Crippen LogP contribution is -2.44. The minimum absolute atomic E-state index is 0.544. The Morgan fingerprint density at radius 3 is 2.53 bits per heavy atom. The maximum absolute atomic E-state index is 2.38. The van der Waals surface area contributed by atoms with Crippen LogP contribution in [0.5, 0.6) is 0 Å². The Morgan fingerprint density at radius 2 is 1.74 bits per heavy atom. The Kier molecular flexibility index (Phi) is 5.32. The molecule has 2 rings (SSSR count). The Labute approximate surface area is 118 Å². The largest absolute Gasteiger partial charge is 0.203 e. The normalized spacial score (nSPS) is 19.4. The summed E-state index contributed by atoms with van der Waals surface area (Å²) in [6, 6.07) is 8.91. The molecular formula is C17H22B2. The fourth-order valence-corrected chi connectivity index (χ4v) is 2.94. The molecule has 2 heteroatoms. The smallest absolute Gasteiger partial charge is 0.114 e. The van der Waals surface area contributed by atoms with E-state index in [1.807, 2.05) is 0 Å². The minimum atomic E-state index is 0.544. The zero-order valence-electron chi connectivity index (χ0n) is 12.0. The van der Waals surface area contributed by atoms with Crippen molar-refractivity contribution in [2.24, 2.45) is 0 Å². The van der Waals surface area contributed by atoms with Crippen LogP contribution in [0.15, 0.2) is 60.5 Å². The molecule has 1 aliphatic rings. The zero-order chi connectivity index (χ0) is 13.5. The van der Waals surface area contributed by atoms with Gasteiger partial charge in [-0.3, -0.25) is 0 Å². The van der Waals surface area contributed by atoms with Gasteiger partial charge in [0.2, 0.25) is 6.71 Å². The van der Waals surface area contributed by atoms with Crippen molar-refractivity contribution in [2.75, 3.05) is 0 Å². The quantitative estimate of drug-likeness (QED) is 0.721. The first-order valence-electron chi connectivity index (χ1n) is 7.44. The van der Waals surface area contributed by atoms with E-state index in [1.54, 1.807) is 0 Å². The Balaban J connectivity index is 2.44. The van der Waals surface area contributed by atoms with Crippen LogP contribution < -0.4 is 10.9 Å². The van der Waals surface area contributed by atoms with E-state index < -0.39 is 0 Å². The minimum Gasteiger partial charge on any atom is -0.114 e. The zero-order valence-corrected chi connectivity index (χ0v) is 12.0. The second-order valence-electron chi connectivity index (χ2n) is 5.20. The lowest BCUT2D eigenvalue weighted by molar-refractivity contribution is 0.756. The molecule has 0 radical (unpaired) electrons. The molecule has 0 aromatic heterocycles. The molecular weight excluding hydrogens is 226 g/mol. The topological polar surface area (TPSA) is 0 Å². The first-order valence-corrected chi connectivity index (χ1v) is 7.44. The van der Waals surface area contributed by atoms with Crippen LogP contribution in [0.25, 0.3) is 0 Å². The van der Waals surface area contributed by atoms with Crippen LogP contribution in [0.2, 0.25) is 5.82 Å². The van der Waals surface area contributed by atoms with Crippen molar-refractivity contribution in [3.05, 3.63) is 60.5 Å². The third-order valence-electron chi connectivity index (χ3n) is 4.10. The Bertz CT molecular complexity index is 482. The summed E-state index contributed by atoms with van der Waals surface area (Å²) in [6.07, 6.45) is 11.1. The van der Waals surface area contributed by atoms with Crippen molar-refractivity contribution in [3.63, 3.8) is 0 Å². The Hall–Kier alpha value is -1.43. The van der Waals surface area contributed by atoms with Crippen molar-refractivity contribution in [1.29, 1.82) is 0 Å². The van der Waals surface area contributed by atoms with E-state index in [9.17, 15) is 0 Å². The first-order chi connectivity index (χ1) is 9.36. The van der Waals surface area contributed by atoms with E-state index in [4.69, 9.17) is 0 Å². The molecule has 0 nitrogen and oxygen atoms in total. The fourth-order valence-electron chi connectivity index (χ4n) is 2.94. The number of allylic oxidation sites excluding steroid dienone is 4. The number of hydrogen-bond acceptors (Lipinski definition) is 0. The summed E-state index contributed by atoms with van der Waals surface area (Å²) in [6.45, 7) is 5.15. The number of rotatable bonds is 3. The van der Waals surface area contributed by atoms with Crippen molar-refractivity contribution >= 4 is 24.9 Å². The molecule has 0 fully saturated rings. The van der Waals surface area contributed by atoms with E-state index in [0.717, 1.165) is 13.1 Å². The maximum atomic E-state index is 2.38. The van der Waals surface area contributed by atoms with E-state index in [2.05, 4.69) is 74.4 Å². The standard InChI is InChI=1S/C17H22B2/c1-3-15(4-2)19-14-10-6-5-9-13-18-16-11-7-8-12-17(16)19/h5-15,18H,3-4H2,1-2H3/b6-5-,13-9+,14-10+. The van der Waals surface area contributed by atoms with Gasteiger partial charge in [-0.25, -0.2) is 0 Å². The Morgan fingerprint density at radius 1 is 1.00 bits per heavy atom. The highest BCUT2D eigenvalue weighted by atomic mass is 14.0. The molecule has 19 heavy (non-hydrogen) atoms. The monoisotopic (exact) mass is 248 g/mol. The summed E-state index contributed by atoms with van der Waals surface area (Å²) in [5.74, 6) is 5.36. The van der Waals surface area contributed by atoms with E-state index >= 15 is 0 Å². The van der Waals surface area contributed by atoms with Crippen LogP contribution in [-0.2, 0) is 0 Å². The van der Waals surface area contributed by atoms with Gasteiger partial charge in [0, 0.05) is 0 Å². The van der Waals surface area contributed by atoms with Crippen LogP contribution in [0, 0.1) is 0 Å². The SMILES string of the molecule is CCC(CC)B1/C=C/C=C\C=C\Bc2ccccc21. The predicted octanol–water partition coefficient (Wildman–Crippen LogP) is 2.82. The summed E-state index contributed by atoms with van der Waals surface area (Å²) in [5, 5.41) is 0. The highest BCUT2D eigenvalue weighted by Crippen LogP contribution is 2.20. The lowest BCUT2D eigenvalue weighted by atomic mass is 9.34. The average molecular weight is 248 g/mol. The van der Waals surface area contributed by atoms with E-state index in [-0.39, 0.29) is 0 Å². The van der Waals surface area contributed by atoms with Gasteiger partial charge in [0.1, 0.15) is 0 Å². The van der Waals surface area contributed by atoms with Gasteiger partial charge >= 0.3 is 0 Å². The highest BCUT2D eigenvalue weighted by molar-refractivity contribution is 6.84. The molecule has 1 aromatic rings. The van der Waals surface area contributed by atoms with E-state index in [0.29, 0.717) is 6.71 Å². The molecule has 0 amide bonds. The third-order valence-corrected chi connectivity index (χ3v) is 4.10. The fraction of sp³-hybridized carbons (Fsp3) is 0.294. The van der Waals surface area contributed by atoms with Gasteiger partial charge in [0.05, 0.1) is 0 Å². The first kappa shape index (κ1) is 14.0. The molecule has 1 aromatic carbocycles. The molecule has 96 valence electrons. The van der Waals surface area contributed by atoms with Gasteiger partial charge in [-0.1, -0.05) is 92.0 Å². The molecule has 0 atom stereocenters. The van der Waals surface area contributed by atoms with Gasteiger partial charge in [0.25, 0.3) is 0 Å². The number of hydrogen-bond donors (Lipinski definition) is 0. The van der Waals surface area contributed by atoms with Gasteiger partial charge in [-0.05, 0) is 0 Å². The third kappa shape index (κ3) is 3.53. The molecule has 0 unspecified atom stereocenters. The predicted molar refractivity (Wildman–Crippen MR) is 90.4 cm³/mol. The summed E-state index contributed by atoms with van der Waals surface area (Å²) in [7, 11) is 1.03. The van der Waals surface area contributed by atoms with Gasteiger partial charge in [-0.15, -0.1) is 12.0 Å². The number of fused-ring (bicyclic) bond motifs is 1. The van der Waals surface area contributed by atoms with Crippen LogP contribution in [0.3, 0.4) is 0 Å². The molecule has 0 saturated heterocycles. The van der Waals surface area contributed by atoms with Crippen LogP contribution >= 0.6 is 0 Å². The second-order valence-corrected chi connectivity index (χ2v) is 5.20. The molecule has 0 saturated carbocycles. The van der Waals surface area contributed by atoms with Crippen LogP contribution in [0.4, 0.5) is 0 Å². The van der Waals surface area contributed by atoms with Crippen molar-refractivity contribution in [2.45, 2.75) is 32.5 Å². The van der Waals surface area contributed by atoms with Crippen molar-refractivity contribution in [1.82, 2.24) is 0 Å². The average Bonchev–Trinajstić information content (AvgIpc) is 2.46. The molecule has 0 spiro atoms. The summed E-state index contributed by atoms with van der Waals surface area (Å²) >= 11 is 0. The summed E-state index contributed by atoms with van der Waals surface area (Å²) < 4.78 is 0. The van der Waals surface area contributed by atoms with Crippen LogP contribution in [-0.4, -0.2) is 14.0 Å².